The number of carbonyl (C=O) groups is 2. The Balaban J connectivity index is 1.57. The molecule has 0 saturated heterocycles. The van der Waals surface area contributed by atoms with Gasteiger partial charge in [-0.05, 0) is 42.0 Å². The topological polar surface area (TPSA) is 109 Å². The third-order valence-electron chi connectivity index (χ3n) is 6.53. The average molecular weight is 589 g/mol. The lowest BCUT2D eigenvalue weighted by molar-refractivity contribution is -0.137. The van der Waals surface area contributed by atoms with Gasteiger partial charge in [0, 0.05) is 25.6 Å². The van der Waals surface area contributed by atoms with Gasteiger partial charge in [0.1, 0.15) is 17.1 Å². The van der Waals surface area contributed by atoms with E-state index in [2.05, 4.69) is 5.16 Å². The Morgan fingerprint density at radius 3 is 2.19 bits per heavy atom. The minimum Gasteiger partial charge on any atom is -0.507 e. The Kier molecular flexibility index (Phi) is 11.2. The van der Waals surface area contributed by atoms with Gasteiger partial charge in [0.2, 0.25) is 0 Å². The van der Waals surface area contributed by atoms with Gasteiger partial charge in [-0.1, -0.05) is 95.6 Å². The van der Waals surface area contributed by atoms with E-state index in [1.807, 2.05) is 78.9 Å². The molecule has 2 N–H and O–H groups in total. The first-order chi connectivity index (χ1) is 20.4. The lowest BCUT2D eigenvalue weighted by Gasteiger charge is -2.22. The number of ether oxygens (including phenoxy) is 1. The van der Waals surface area contributed by atoms with Crippen molar-refractivity contribution in [1.29, 1.82) is 0 Å². The molecule has 0 bridgehead atoms. The van der Waals surface area contributed by atoms with Crippen molar-refractivity contribution in [3.63, 3.8) is 0 Å². The number of cyclic esters (lactones) is 1. The average Bonchev–Trinajstić information content (AvgIpc) is 2.99. The molecule has 1 aliphatic rings. The summed E-state index contributed by atoms with van der Waals surface area (Å²) in [5, 5.41) is 24.9. The number of nitrogens with zero attached hydrogens (tertiary/aromatic N) is 2. The summed E-state index contributed by atoms with van der Waals surface area (Å²) in [6, 6.07) is 20.4. The molecule has 0 unspecified atom stereocenters. The molecule has 1 aliphatic heterocycles. The molecule has 3 aromatic carbocycles. The Morgan fingerprint density at radius 2 is 1.52 bits per heavy atom. The van der Waals surface area contributed by atoms with E-state index in [0.717, 1.165) is 23.6 Å². The zero-order chi connectivity index (χ0) is 29.7. The normalized spacial score (nSPS) is 16.5. The lowest BCUT2D eigenvalue weighted by atomic mass is 9.99. The van der Waals surface area contributed by atoms with Crippen LogP contribution in [-0.4, -0.2) is 45.9 Å². The van der Waals surface area contributed by atoms with Crippen molar-refractivity contribution in [2.24, 2.45) is 5.16 Å². The van der Waals surface area contributed by atoms with E-state index in [-0.39, 0.29) is 47.4 Å². The second-order valence-electron chi connectivity index (χ2n) is 9.71. The van der Waals surface area contributed by atoms with Gasteiger partial charge < -0.3 is 24.7 Å². The fourth-order valence-corrected chi connectivity index (χ4v) is 4.64. The van der Waals surface area contributed by atoms with Gasteiger partial charge in [0.25, 0.3) is 5.91 Å². The number of aromatic hydroxyl groups is 2. The number of oxime groups is 1. The van der Waals surface area contributed by atoms with E-state index < -0.39 is 11.7 Å². The SMILES string of the molecule is O=C1OCC/C=C/CC/C=C/C(=NOCC(=O)N(Cc2ccccc2)Cc2ccccc2)Cc2c(Cl)c(O)cc(O)c21. The van der Waals surface area contributed by atoms with Crippen molar-refractivity contribution in [1.82, 2.24) is 4.90 Å². The van der Waals surface area contributed by atoms with Gasteiger partial charge in [0.15, 0.2) is 6.61 Å². The molecule has 0 atom stereocenters. The van der Waals surface area contributed by atoms with E-state index in [9.17, 15) is 19.8 Å². The number of halogens is 1. The maximum absolute atomic E-state index is 13.3. The molecule has 218 valence electrons. The fraction of sp³-hybridized carbons (Fsp3) is 0.242. The second-order valence-corrected chi connectivity index (χ2v) is 10.1. The number of hydrogen-bond acceptors (Lipinski definition) is 7. The van der Waals surface area contributed by atoms with Crippen molar-refractivity contribution in [3.05, 3.63) is 118 Å². The molecule has 0 aromatic heterocycles. The Labute approximate surface area is 250 Å². The number of allylic oxidation sites excluding steroid dienone is 3. The van der Waals surface area contributed by atoms with Crippen LogP contribution in [0.1, 0.15) is 46.3 Å². The highest BCUT2D eigenvalue weighted by molar-refractivity contribution is 6.33. The first-order valence-electron chi connectivity index (χ1n) is 13.7. The van der Waals surface area contributed by atoms with E-state index in [0.29, 0.717) is 31.6 Å². The Bertz CT molecular complexity index is 1410. The van der Waals surface area contributed by atoms with Gasteiger partial charge in [-0.3, -0.25) is 4.79 Å². The first-order valence-corrected chi connectivity index (χ1v) is 14.1. The van der Waals surface area contributed by atoms with Crippen LogP contribution in [0.3, 0.4) is 0 Å². The maximum Gasteiger partial charge on any atom is 0.342 e. The number of esters is 1. The van der Waals surface area contributed by atoms with Crippen LogP contribution >= 0.6 is 11.6 Å². The molecule has 8 nitrogen and oxygen atoms in total. The van der Waals surface area contributed by atoms with Crippen LogP contribution in [0.2, 0.25) is 5.02 Å². The number of phenolic OH excluding ortho intramolecular Hbond substituents is 2. The monoisotopic (exact) mass is 588 g/mol. The molecule has 1 heterocycles. The van der Waals surface area contributed by atoms with Crippen LogP contribution in [-0.2, 0) is 33.9 Å². The molecular formula is C33H33ClN2O6. The Morgan fingerprint density at radius 1 is 0.905 bits per heavy atom. The summed E-state index contributed by atoms with van der Waals surface area (Å²) in [6.45, 7) is 0.585. The quantitative estimate of drug-likeness (QED) is 0.189. The van der Waals surface area contributed by atoms with Crippen LogP contribution in [0, 0.1) is 0 Å². The van der Waals surface area contributed by atoms with Crippen molar-refractivity contribution in [2.75, 3.05) is 13.2 Å². The number of rotatable bonds is 7. The molecule has 0 aliphatic carbocycles. The van der Waals surface area contributed by atoms with Crippen LogP contribution in [0.4, 0.5) is 0 Å². The third-order valence-corrected chi connectivity index (χ3v) is 6.95. The minimum atomic E-state index is -0.772. The van der Waals surface area contributed by atoms with E-state index in [4.69, 9.17) is 21.2 Å². The largest absolute Gasteiger partial charge is 0.507 e. The number of hydrogen-bond donors (Lipinski definition) is 2. The smallest absolute Gasteiger partial charge is 0.342 e. The summed E-state index contributed by atoms with van der Waals surface area (Å²) in [4.78, 5) is 33.4. The minimum absolute atomic E-state index is 0.0660. The van der Waals surface area contributed by atoms with Crippen molar-refractivity contribution < 1.29 is 29.4 Å². The first kappa shape index (κ1) is 30.4. The maximum atomic E-state index is 13.3. The summed E-state index contributed by atoms with van der Waals surface area (Å²) in [6.07, 6.45) is 9.45. The van der Waals surface area contributed by atoms with Crippen LogP contribution < -0.4 is 0 Å². The van der Waals surface area contributed by atoms with E-state index in [1.54, 1.807) is 11.0 Å². The predicted molar refractivity (Wildman–Crippen MR) is 161 cm³/mol. The lowest BCUT2D eigenvalue weighted by Crippen LogP contribution is -2.32. The number of benzene rings is 3. The summed E-state index contributed by atoms with van der Waals surface area (Å²) < 4.78 is 5.33. The van der Waals surface area contributed by atoms with Gasteiger partial charge in [-0.25, -0.2) is 4.79 Å². The van der Waals surface area contributed by atoms with Gasteiger partial charge in [-0.2, -0.15) is 0 Å². The summed E-state index contributed by atoms with van der Waals surface area (Å²) in [5.74, 6) is -1.88. The molecule has 1 amide bonds. The van der Waals surface area contributed by atoms with Crippen molar-refractivity contribution in [2.45, 2.75) is 38.8 Å². The molecule has 0 radical (unpaired) electrons. The number of carbonyl (C=O) groups excluding carboxylic acids is 2. The Hall–Kier alpha value is -4.56. The van der Waals surface area contributed by atoms with Crippen LogP contribution in [0.25, 0.3) is 0 Å². The van der Waals surface area contributed by atoms with Crippen molar-refractivity contribution >= 4 is 29.2 Å². The molecule has 9 heteroatoms. The molecule has 0 spiro atoms. The highest BCUT2D eigenvalue weighted by Crippen LogP contribution is 2.37. The predicted octanol–water partition coefficient (Wildman–Crippen LogP) is 6.35. The van der Waals surface area contributed by atoms with E-state index in [1.165, 1.54) is 0 Å². The zero-order valence-corrected chi connectivity index (χ0v) is 23.9. The summed E-state index contributed by atoms with van der Waals surface area (Å²) in [5.41, 5.74) is 2.28. The summed E-state index contributed by atoms with van der Waals surface area (Å²) >= 11 is 6.38. The van der Waals surface area contributed by atoms with Gasteiger partial charge in [0.05, 0.1) is 17.3 Å². The number of amides is 1. The second kappa shape index (κ2) is 15.4. The van der Waals surface area contributed by atoms with Crippen molar-refractivity contribution in [3.8, 4) is 11.5 Å². The van der Waals surface area contributed by atoms with Gasteiger partial charge >= 0.3 is 5.97 Å². The number of fused-ring (bicyclic) bond motifs is 1. The van der Waals surface area contributed by atoms with Crippen LogP contribution in [0.5, 0.6) is 11.5 Å². The molecule has 3 aromatic rings. The molecular weight excluding hydrogens is 556 g/mol. The summed E-state index contributed by atoms with van der Waals surface area (Å²) in [7, 11) is 0. The fourth-order valence-electron chi connectivity index (χ4n) is 4.42. The van der Waals surface area contributed by atoms with Crippen LogP contribution in [0.15, 0.2) is 96.2 Å². The highest BCUT2D eigenvalue weighted by Gasteiger charge is 2.24. The molecule has 4 rings (SSSR count). The van der Waals surface area contributed by atoms with E-state index >= 15 is 0 Å². The third kappa shape index (κ3) is 8.72. The molecule has 42 heavy (non-hydrogen) atoms. The molecule has 0 fully saturated rings. The molecule has 0 saturated carbocycles. The number of phenols is 2. The highest BCUT2D eigenvalue weighted by atomic mass is 35.5. The zero-order valence-electron chi connectivity index (χ0n) is 23.1. The standard InChI is InChI=1S/C33H33ClN2O6/c34-32-27-19-26(17-11-3-1-2-4-12-18-41-33(40)31(27)28(37)20-29(32)38)35-42-23-30(39)36(21-24-13-7-5-8-14-24)22-25-15-9-6-10-16-25/h2,4-11,13-17,20,37-38H,1,3,12,18-19,21-23H2/b4-2+,17-11+,35-26?. The van der Waals surface area contributed by atoms with Gasteiger partial charge in [-0.15, -0.1) is 0 Å².